The summed E-state index contributed by atoms with van der Waals surface area (Å²) in [7, 11) is 0. The lowest BCUT2D eigenvalue weighted by Crippen LogP contribution is -2.23. The predicted molar refractivity (Wildman–Crippen MR) is 116 cm³/mol. The van der Waals surface area contributed by atoms with Gasteiger partial charge in [0.05, 0.1) is 17.3 Å². The molecule has 0 bridgehead atoms. The van der Waals surface area contributed by atoms with Crippen molar-refractivity contribution in [3.63, 3.8) is 0 Å². The molecular formula is C25H30N2O. The molecule has 0 amide bonds. The number of ether oxygens (including phenoxy) is 1. The number of aromatic nitrogens is 1. The van der Waals surface area contributed by atoms with E-state index in [2.05, 4.69) is 72.9 Å². The Bertz CT molecular complexity index is 885. The molecule has 0 spiro atoms. The van der Waals surface area contributed by atoms with Gasteiger partial charge in [0.25, 0.3) is 0 Å². The Morgan fingerprint density at radius 1 is 0.964 bits per heavy atom. The third-order valence-corrected chi connectivity index (χ3v) is 5.70. The minimum absolute atomic E-state index is 0.322. The van der Waals surface area contributed by atoms with Gasteiger partial charge in [-0.3, -0.25) is 4.98 Å². The molecule has 0 atom stereocenters. The normalized spacial score (nSPS) is 19.6. The van der Waals surface area contributed by atoms with Crippen LogP contribution < -0.4 is 10.1 Å². The van der Waals surface area contributed by atoms with Crippen LogP contribution in [-0.2, 0) is 6.54 Å². The highest BCUT2D eigenvalue weighted by Crippen LogP contribution is 2.34. The van der Waals surface area contributed by atoms with E-state index in [9.17, 15) is 0 Å². The summed E-state index contributed by atoms with van der Waals surface area (Å²) < 4.78 is 6.32. The van der Waals surface area contributed by atoms with Crippen molar-refractivity contribution in [3.05, 3.63) is 71.9 Å². The Hall–Kier alpha value is -2.39. The second kappa shape index (κ2) is 9.20. The summed E-state index contributed by atoms with van der Waals surface area (Å²) >= 11 is 0. The van der Waals surface area contributed by atoms with Crippen LogP contribution in [0.2, 0.25) is 0 Å². The number of fused-ring (bicyclic) bond motifs is 1. The summed E-state index contributed by atoms with van der Waals surface area (Å²) in [5.41, 5.74) is 3.60. The molecule has 1 aromatic heterocycles. The van der Waals surface area contributed by atoms with Crippen molar-refractivity contribution < 1.29 is 4.74 Å². The van der Waals surface area contributed by atoms with Crippen molar-refractivity contribution in [1.29, 1.82) is 0 Å². The second-order valence-corrected chi connectivity index (χ2v) is 7.84. The molecular weight excluding hydrogens is 344 g/mol. The van der Waals surface area contributed by atoms with Gasteiger partial charge < -0.3 is 10.1 Å². The van der Waals surface area contributed by atoms with Crippen molar-refractivity contribution in [2.24, 2.45) is 0 Å². The molecule has 1 N–H and O–H groups in total. The molecule has 3 aromatic rings. The van der Waals surface area contributed by atoms with Crippen LogP contribution in [0.1, 0.15) is 56.2 Å². The Balaban J connectivity index is 1.35. The van der Waals surface area contributed by atoms with Crippen molar-refractivity contribution in [2.45, 2.75) is 57.6 Å². The van der Waals surface area contributed by atoms with E-state index in [1.807, 2.05) is 0 Å². The van der Waals surface area contributed by atoms with Crippen LogP contribution in [0.5, 0.6) is 5.75 Å². The van der Waals surface area contributed by atoms with Crippen LogP contribution in [0.3, 0.4) is 0 Å². The molecule has 1 heterocycles. The zero-order valence-corrected chi connectivity index (χ0v) is 16.7. The Kier molecular flexibility index (Phi) is 6.23. The summed E-state index contributed by atoms with van der Waals surface area (Å²) in [6.45, 7) is 4.03. The lowest BCUT2D eigenvalue weighted by molar-refractivity contribution is 0.146. The maximum Gasteiger partial charge on any atom is 0.120 e. The number of hydrogen-bond donors (Lipinski definition) is 1. The van der Waals surface area contributed by atoms with E-state index < -0.39 is 0 Å². The highest BCUT2D eigenvalue weighted by molar-refractivity contribution is 5.80. The summed E-state index contributed by atoms with van der Waals surface area (Å²) in [5.74, 6) is 1.65. The smallest absolute Gasteiger partial charge is 0.120 e. The number of benzene rings is 2. The maximum absolute atomic E-state index is 6.32. The third-order valence-electron chi connectivity index (χ3n) is 5.70. The zero-order valence-electron chi connectivity index (χ0n) is 16.7. The van der Waals surface area contributed by atoms with E-state index in [1.54, 1.807) is 0 Å². The molecule has 0 saturated heterocycles. The molecule has 146 valence electrons. The minimum atomic E-state index is 0.322. The molecule has 1 saturated carbocycles. The monoisotopic (exact) mass is 374 g/mol. The van der Waals surface area contributed by atoms with E-state index in [0.717, 1.165) is 54.7 Å². The molecule has 2 aromatic carbocycles. The summed E-state index contributed by atoms with van der Waals surface area (Å²) in [5, 5.41) is 4.56. The average molecular weight is 375 g/mol. The number of rotatable bonds is 7. The molecule has 3 heteroatoms. The molecule has 28 heavy (non-hydrogen) atoms. The van der Waals surface area contributed by atoms with Gasteiger partial charge in [-0.15, -0.1) is 0 Å². The Labute approximate surface area is 168 Å². The van der Waals surface area contributed by atoms with E-state index >= 15 is 0 Å². The Morgan fingerprint density at radius 2 is 1.79 bits per heavy atom. The predicted octanol–water partition coefficient (Wildman–Crippen LogP) is 5.84. The van der Waals surface area contributed by atoms with Gasteiger partial charge in [0.2, 0.25) is 0 Å². The van der Waals surface area contributed by atoms with Gasteiger partial charge in [-0.25, -0.2) is 0 Å². The van der Waals surface area contributed by atoms with Gasteiger partial charge in [0, 0.05) is 11.9 Å². The highest BCUT2D eigenvalue weighted by atomic mass is 16.5. The van der Waals surface area contributed by atoms with Crippen LogP contribution in [0.25, 0.3) is 10.9 Å². The fourth-order valence-electron chi connectivity index (χ4n) is 4.14. The topological polar surface area (TPSA) is 34.1 Å². The number of nitrogens with zero attached hydrogens (tertiary/aromatic N) is 1. The molecule has 0 unspecified atom stereocenters. The molecule has 1 aliphatic carbocycles. The van der Waals surface area contributed by atoms with Crippen molar-refractivity contribution in [3.8, 4) is 5.75 Å². The lowest BCUT2D eigenvalue weighted by atomic mass is 9.83. The van der Waals surface area contributed by atoms with Gasteiger partial charge in [-0.2, -0.15) is 0 Å². The van der Waals surface area contributed by atoms with Gasteiger partial charge in [-0.05, 0) is 74.4 Å². The summed E-state index contributed by atoms with van der Waals surface area (Å²) in [4.78, 5) is 4.76. The first-order valence-electron chi connectivity index (χ1n) is 10.6. The Morgan fingerprint density at radius 3 is 2.57 bits per heavy atom. The minimum Gasteiger partial charge on any atom is -0.490 e. The van der Waals surface area contributed by atoms with Crippen LogP contribution in [0, 0.1) is 0 Å². The van der Waals surface area contributed by atoms with E-state index in [4.69, 9.17) is 9.72 Å². The van der Waals surface area contributed by atoms with Crippen LogP contribution in [0.15, 0.2) is 60.7 Å². The third kappa shape index (κ3) is 4.71. The van der Waals surface area contributed by atoms with E-state index in [-0.39, 0.29) is 0 Å². The fourth-order valence-corrected chi connectivity index (χ4v) is 4.14. The van der Waals surface area contributed by atoms with E-state index in [1.165, 1.54) is 18.4 Å². The second-order valence-electron chi connectivity index (χ2n) is 7.84. The van der Waals surface area contributed by atoms with Crippen LogP contribution in [-0.4, -0.2) is 17.6 Å². The van der Waals surface area contributed by atoms with E-state index in [0.29, 0.717) is 12.0 Å². The molecule has 1 aliphatic rings. The van der Waals surface area contributed by atoms with Gasteiger partial charge in [0.1, 0.15) is 5.75 Å². The van der Waals surface area contributed by atoms with Crippen molar-refractivity contribution in [1.82, 2.24) is 10.3 Å². The first-order chi connectivity index (χ1) is 13.8. The molecule has 1 fully saturated rings. The highest BCUT2D eigenvalue weighted by Gasteiger charge is 2.23. The summed E-state index contributed by atoms with van der Waals surface area (Å²) in [6.07, 6.45) is 6.12. The number of hydrogen-bond acceptors (Lipinski definition) is 3. The lowest BCUT2D eigenvalue weighted by Gasteiger charge is -2.29. The van der Waals surface area contributed by atoms with Gasteiger partial charge >= 0.3 is 0 Å². The van der Waals surface area contributed by atoms with Crippen molar-refractivity contribution >= 4 is 10.9 Å². The fraction of sp³-hybridized carbons (Fsp3) is 0.400. The van der Waals surface area contributed by atoms with Gasteiger partial charge in [0.15, 0.2) is 0 Å². The average Bonchev–Trinajstić information content (AvgIpc) is 2.75. The largest absolute Gasteiger partial charge is 0.490 e. The van der Waals surface area contributed by atoms with Crippen LogP contribution in [0.4, 0.5) is 0 Å². The standard InChI is InChI=1S/C25H30N2O/c1-2-16-26-18-22-11-8-21-17-24(14-15-25(21)27-22)28-23-12-9-20(10-13-23)19-6-4-3-5-7-19/h3-8,11,14-15,17,20,23,26H,2,9-10,12-13,16,18H2,1H3. The van der Waals surface area contributed by atoms with Gasteiger partial charge in [-0.1, -0.05) is 43.3 Å². The quantitative estimate of drug-likeness (QED) is 0.528. The zero-order chi connectivity index (χ0) is 19.2. The molecule has 3 nitrogen and oxygen atoms in total. The molecule has 0 radical (unpaired) electrons. The first kappa shape index (κ1) is 18.9. The number of pyridine rings is 1. The SMILES string of the molecule is CCCNCc1ccc2cc(OC3CCC(c4ccccc4)CC3)ccc2n1. The summed E-state index contributed by atoms with van der Waals surface area (Å²) in [6, 6.07) is 21.5. The maximum atomic E-state index is 6.32. The molecule has 0 aliphatic heterocycles. The first-order valence-corrected chi connectivity index (χ1v) is 10.6. The van der Waals surface area contributed by atoms with Crippen LogP contribution >= 0.6 is 0 Å². The van der Waals surface area contributed by atoms with Crippen molar-refractivity contribution in [2.75, 3.05) is 6.54 Å². The molecule has 4 rings (SSSR count). The number of nitrogens with one attached hydrogen (secondary N) is 1.